The fraction of sp³-hybridized carbons (Fsp3) is 0.571. The van der Waals surface area contributed by atoms with Crippen LogP contribution in [-0.2, 0) is 6.54 Å². The molecule has 1 rings (SSSR count). The zero-order valence-corrected chi connectivity index (χ0v) is 11.8. The lowest BCUT2D eigenvalue weighted by atomic mass is 10.1. The van der Waals surface area contributed by atoms with Crippen LogP contribution >= 0.6 is 0 Å². The fourth-order valence-corrected chi connectivity index (χ4v) is 1.84. The SMILES string of the molecule is COc1cccc(OC)c1CNCCCN(C)C. The van der Waals surface area contributed by atoms with E-state index >= 15 is 0 Å². The van der Waals surface area contributed by atoms with Crippen molar-refractivity contribution < 1.29 is 9.47 Å². The third kappa shape index (κ3) is 4.55. The van der Waals surface area contributed by atoms with Crippen molar-refractivity contribution in [1.29, 1.82) is 0 Å². The summed E-state index contributed by atoms with van der Waals surface area (Å²) in [7, 11) is 7.54. The molecule has 4 heteroatoms. The van der Waals surface area contributed by atoms with Crippen LogP contribution in [0.3, 0.4) is 0 Å². The predicted molar refractivity (Wildman–Crippen MR) is 74.4 cm³/mol. The van der Waals surface area contributed by atoms with Crippen LogP contribution in [0.25, 0.3) is 0 Å². The summed E-state index contributed by atoms with van der Waals surface area (Å²) in [6.45, 7) is 2.84. The Kier molecular flexibility index (Phi) is 6.54. The molecule has 0 aliphatic carbocycles. The van der Waals surface area contributed by atoms with Crippen LogP contribution in [0.2, 0.25) is 0 Å². The molecule has 0 saturated heterocycles. The molecule has 1 aromatic rings. The molecule has 0 aromatic heterocycles. The largest absolute Gasteiger partial charge is 0.496 e. The fourth-order valence-electron chi connectivity index (χ4n) is 1.84. The van der Waals surface area contributed by atoms with Gasteiger partial charge in [0.15, 0.2) is 0 Å². The molecule has 0 aliphatic rings. The topological polar surface area (TPSA) is 33.7 Å². The molecule has 102 valence electrons. The Labute approximate surface area is 110 Å². The lowest BCUT2D eigenvalue weighted by molar-refractivity contribution is 0.377. The van der Waals surface area contributed by atoms with E-state index in [-0.39, 0.29) is 0 Å². The highest BCUT2D eigenvalue weighted by Crippen LogP contribution is 2.27. The van der Waals surface area contributed by atoms with Crippen LogP contribution < -0.4 is 14.8 Å². The number of hydrogen-bond acceptors (Lipinski definition) is 4. The van der Waals surface area contributed by atoms with Gasteiger partial charge in [-0.05, 0) is 45.7 Å². The molecule has 18 heavy (non-hydrogen) atoms. The molecule has 0 unspecified atom stereocenters. The molecule has 1 aromatic carbocycles. The van der Waals surface area contributed by atoms with Gasteiger partial charge in [-0.2, -0.15) is 0 Å². The molecule has 0 heterocycles. The number of nitrogens with one attached hydrogen (secondary N) is 1. The number of benzene rings is 1. The third-order valence-corrected chi connectivity index (χ3v) is 2.79. The molecule has 0 amide bonds. The van der Waals surface area contributed by atoms with E-state index in [9.17, 15) is 0 Å². The molecule has 0 atom stereocenters. The summed E-state index contributed by atoms with van der Waals surface area (Å²) < 4.78 is 10.7. The number of hydrogen-bond donors (Lipinski definition) is 1. The molecule has 0 saturated carbocycles. The second-order valence-corrected chi connectivity index (χ2v) is 4.47. The zero-order chi connectivity index (χ0) is 13.4. The summed E-state index contributed by atoms with van der Waals surface area (Å²) in [6.07, 6.45) is 1.13. The minimum atomic E-state index is 0.764. The predicted octanol–water partition coefficient (Wildman–Crippen LogP) is 1.75. The highest BCUT2D eigenvalue weighted by atomic mass is 16.5. The Balaban J connectivity index is 2.50. The average molecular weight is 252 g/mol. The Morgan fingerprint density at radius 3 is 2.22 bits per heavy atom. The first kappa shape index (κ1) is 14.8. The summed E-state index contributed by atoms with van der Waals surface area (Å²) in [6, 6.07) is 5.85. The molecule has 0 aliphatic heterocycles. The van der Waals surface area contributed by atoms with Gasteiger partial charge >= 0.3 is 0 Å². The number of rotatable bonds is 8. The van der Waals surface area contributed by atoms with Gasteiger partial charge in [0.05, 0.1) is 14.2 Å². The molecule has 0 radical (unpaired) electrons. The zero-order valence-electron chi connectivity index (χ0n) is 11.8. The standard InChI is InChI=1S/C14H24N2O2/c1-16(2)10-6-9-15-11-12-13(17-3)7-5-8-14(12)18-4/h5,7-8,15H,6,9-11H2,1-4H3. The van der Waals surface area contributed by atoms with E-state index in [4.69, 9.17) is 9.47 Å². The highest BCUT2D eigenvalue weighted by molar-refractivity contribution is 5.44. The van der Waals surface area contributed by atoms with E-state index < -0.39 is 0 Å². The van der Waals surface area contributed by atoms with Crippen LogP contribution in [0.1, 0.15) is 12.0 Å². The maximum Gasteiger partial charge on any atom is 0.127 e. The quantitative estimate of drug-likeness (QED) is 0.715. The van der Waals surface area contributed by atoms with Crippen molar-refractivity contribution >= 4 is 0 Å². The molecule has 0 spiro atoms. The number of nitrogens with zero attached hydrogens (tertiary/aromatic N) is 1. The first-order chi connectivity index (χ1) is 8.69. The number of methoxy groups -OCH3 is 2. The van der Waals surface area contributed by atoms with Crippen molar-refractivity contribution in [3.8, 4) is 11.5 Å². The number of ether oxygens (including phenoxy) is 2. The van der Waals surface area contributed by atoms with Gasteiger partial charge in [0.1, 0.15) is 11.5 Å². The molecule has 1 N–H and O–H groups in total. The van der Waals surface area contributed by atoms with Crippen LogP contribution in [0, 0.1) is 0 Å². The van der Waals surface area contributed by atoms with E-state index in [1.807, 2.05) is 18.2 Å². The smallest absolute Gasteiger partial charge is 0.127 e. The average Bonchev–Trinajstić information content (AvgIpc) is 2.37. The van der Waals surface area contributed by atoms with Crippen LogP contribution in [-0.4, -0.2) is 46.3 Å². The Morgan fingerprint density at radius 1 is 1.11 bits per heavy atom. The minimum absolute atomic E-state index is 0.764. The van der Waals surface area contributed by atoms with Gasteiger partial charge in [0, 0.05) is 12.1 Å². The normalized spacial score (nSPS) is 10.7. The van der Waals surface area contributed by atoms with Crippen molar-refractivity contribution in [3.05, 3.63) is 23.8 Å². The van der Waals surface area contributed by atoms with Gasteiger partial charge in [-0.3, -0.25) is 0 Å². The van der Waals surface area contributed by atoms with E-state index in [0.29, 0.717) is 0 Å². The second kappa shape index (κ2) is 7.95. The van der Waals surface area contributed by atoms with Crippen LogP contribution in [0.4, 0.5) is 0 Å². The van der Waals surface area contributed by atoms with Crippen LogP contribution in [0.15, 0.2) is 18.2 Å². The van der Waals surface area contributed by atoms with Crippen molar-refractivity contribution in [2.24, 2.45) is 0 Å². The summed E-state index contributed by atoms with van der Waals surface area (Å²) >= 11 is 0. The Morgan fingerprint density at radius 2 is 1.72 bits per heavy atom. The van der Waals surface area contributed by atoms with E-state index in [0.717, 1.165) is 43.1 Å². The Hall–Kier alpha value is -1.26. The highest BCUT2D eigenvalue weighted by Gasteiger charge is 2.08. The van der Waals surface area contributed by atoms with Crippen molar-refractivity contribution in [1.82, 2.24) is 10.2 Å². The Bertz CT molecular complexity index is 331. The first-order valence-electron chi connectivity index (χ1n) is 6.24. The van der Waals surface area contributed by atoms with Gasteiger partial charge < -0.3 is 19.7 Å². The first-order valence-corrected chi connectivity index (χ1v) is 6.24. The molecular formula is C14H24N2O2. The summed E-state index contributed by atoms with van der Waals surface area (Å²) in [5, 5.41) is 3.42. The summed E-state index contributed by atoms with van der Waals surface area (Å²) in [5.41, 5.74) is 1.08. The summed E-state index contributed by atoms with van der Waals surface area (Å²) in [5.74, 6) is 1.74. The monoisotopic (exact) mass is 252 g/mol. The van der Waals surface area contributed by atoms with E-state index in [2.05, 4.69) is 24.3 Å². The van der Waals surface area contributed by atoms with Crippen molar-refractivity contribution in [2.45, 2.75) is 13.0 Å². The van der Waals surface area contributed by atoms with Crippen molar-refractivity contribution in [2.75, 3.05) is 41.4 Å². The van der Waals surface area contributed by atoms with Gasteiger partial charge in [-0.15, -0.1) is 0 Å². The van der Waals surface area contributed by atoms with Gasteiger partial charge in [-0.1, -0.05) is 6.07 Å². The van der Waals surface area contributed by atoms with Crippen molar-refractivity contribution in [3.63, 3.8) is 0 Å². The van der Waals surface area contributed by atoms with Gasteiger partial charge in [-0.25, -0.2) is 0 Å². The van der Waals surface area contributed by atoms with E-state index in [1.165, 1.54) is 0 Å². The molecule has 0 fully saturated rings. The van der Waals surface area contributed by atoms with E-state index in [1.54, 1.807) is 14.2 Å². The van der Waals surface area contributed by atoms with Gasteiger partial charge in [0.25, 0.3) is 0 Å². The second-order valence-electron chi connectivity index (χ2n) is 4.47. The summed E-state index contributed by atoms with van der Waals surface area (Å²) in [4.78, 5) is 2.19. The molecule has 4 nitrogen and oxygen atoms in total. The third-order valence-electron chi connectivity index (χ3n) is 2.79. The molecule has 0 bridgehead atoms. The molecular weight excluding hydrogens is 228 g/mol. The minimum Gasteiger partial charge on any atom is -0.496 e. The lowest BCUT2D eigenvalue weighted by Crippen LogP contribution is -2.21. The maximum atomic E-state index is 5.35. The van der Waals surface area contributed by atoms with Gasteiger partial charge in [0.2, 0.25) is 0 Å². The lowest BCUT2D eigenvalue weighted by Gasteiger charge is -2.14. The van der Waals surface area contributed by atoms with Crippen LogP contribution in [0.5, 0.6) is 11.5 Å². The maximum absolute atomic E-state index is 5.35.